The van der Waals surface area contributed by atoms with Gasteiger partial charge in [-0.25, -0.2) is 4.39 Å². The van der Waals surface area contributed by atoms with Crippen molar-refractivity contribution in [1.29, 1.82) is 5.26 Å². The van der Waals surface area contributed by atoms with Crippen molar-refractivity contribution in [2.45, 2.75) is 19.6 Å². The largest absolute Gasteiger partial charge is 0.488 e. The molecule has 0 aliphatic heterocycles. The number of ether oxygens (including phenoxy) is 1. The molecule has 0 aromatic heterocycles. The van der Waals surface area contributed by atoms with E-state index in [1.54, 1.807) is 36.4 Å². The molecular formula is C25H21FN2O2. The zero-order valence-corrected chi connectivity index (χ0v) is 16.5. The fourth-order valence-corrected chi connectivity index (χ4v) is 2.92. The maximum atomic E-state index is 13.4. The van der Waals surface area contributed by atoms with Crippen LogP contribution in [0, 0.1) is 17.1 Å². The first-order valence-corrected chi connectivity index (χ1v) is 9.50. The highest BCUT2D eigenvalue weighted by molar-refractivity contribution is 6.02. The maximum Gasteiger partial charge on any atom is 0.262 e. The summed E-state index contributed by atoms with van der Waals surface area (Å²) >= 11 is 0. The highest BCUT2D eigenvalue weighted by Crippen LogP contribution is 2.23. The number of nitrogens with one attached hydrogen (secondary N) is 1. The van der Waals surface area contributed by atoms with E-state index < -0.39 is 5.91 Å². The van der Waals surface area contributed by atoms with Gasteiger partial charge in [-0.05, 0) is 42.3 Å². The van der Waals surface area contributed by atoms with Crippen LogP contribution in [0.2, 0.25) is 0 Å². The number of nitrogens with zero attached hydrogens (tertiary/aromatic N) is 1. The van der Waals surface area contributed by atoms with E-state index >= 15 is 0 Å². The molecule has 3 rings (SSSR count). The Balaban J connectivity index is 1.75. The summed E-state index contributed by atoms with van der Waals surface area (Å²) in [7, 11) is 0. The average molecular weight is 400 g/mol. The normalized spacial score (nSPS) is 12.0. The molecule has 0 aliphatic carbocycles. The van der Waals surface area contributed by atoms with E-state index in [1.807, 2.05) is 43.3 Å². The number of hydrogen-bond acceptors (Lipinski definition) is 3. The molecule has 0 fully saturated rings. The lowest BCUT2D eigenvalue weighted by atomic mass is 10.1. The second-order valence-electron chi connectivity index (χ2n) is 6.73. The van der Waals surface area contributed by atoms with E-state index in [9.17, 15) is 14.4 Å². The quantitative estimate of drug-likeness (QED) is 0.439. The minimum atomic E-state index is -0.464. The van der Waals surface area contributed by atoms with E-state index in [2.05, 4.69) is 5.32 Å². The molecule has 30 heavy (non-hydrogen) atoms. The number of halogens is 1. The molecule has 0 unspecified atom stereocenters. The Kier molecular flexibility index (Phi) is 6.96. The molecule has 0 radical (unpaired) electrons. The molecule has 5 heteroatoms. The number of para-hydroxylation sites is 1. The van der Waals surface area contributed by atoms with E-state index in [0.29, 0.717) is 16.9 Å². The summed E-state index contributed by atoms with van der Waals surface area (Å²) in [6.45, 7) is 2.03. The maximum absolute atomic E-state index is 13.4. The van der Waals surface area contributed by atoms with Gasteiger partial charge in [-0.3, -0.25) is 4.79 Å². The zero-order chi connectivity index (χ0) is 21.3. The van der Waals surface area contributed by atoms with Gasteiger partial charge >= 0.3 is 0 Å². The average Bonchev–Trinajstić information content (AvgIpc) is 2.77. The first kappa shape index (κ1) is 20.8. The van der Waals surface area contributed by atoms with Crippen LogP contribution in [-0.2, 0) is 11.4 Å². The van der Waals surface area contributed by atoms with E-state index in [4.69, 9.17) is 4.74 Å². The molecule has 4 nitrogen and oxygen atoms in total. The second kappa shape index (κ2) is 10.0. The summed E-state index contributed by atoms with van der Waals surface area (Å²) in [5.74, 6) is -0.299. The number of hydrogen-bond donors (Lipinski definition) is 1. The van der Waals surface area contributed by atoms with Crippen molar-refractivity contribution in [2.24, 2.45) is 0 Å². The van der Waals surface area contributed by atoms with Gasteiger partial charge in [0.05, 0.1) is 6.04 Å². The third-order valence-electron chi connectivity index (χ3n) is 4.51. The lowest BCUT2D eigenvalue weighted by molar-refractivity contribution is -0.117. The molecule has 0 spiro atoms. The second-order valence-corrected chi connectivity index (χ2v) is 6.73. The smallest absolute Gasteiger partial charge is 0.262 e. The van der Waals surface area contributed by atoms with Crippen LogP contribution in [0.1, 0.15) is 29.7 Å². The predicted molar refractivity (Wildman–Crippen MR) is 114 cm³/mol. The highest BCUT2D eigenvalue weighted by atomic mass is 19.1. The standard InChI is InChI=1S/C25H21FN2O2/c1-18(20-9-3-2-4-10-20)28-25(29)22(16-27)15-21-11-5-6-13-24(21)30-17-19-8-7-12-23(26)14-19/h2-15,18H,17H2,1H3,(H,28,29)/b22-15-/t18-/m0/s1. The molecule has 0 saturated heterocycles. The van der Waals surface area contributed by atoms with Crippen molar-refractivity contribution in [1.82, 2.24) is 5.32 Å². The number of carbonyl (C=O) groups excluding carboxylic acids is 1. The third kappa shape index (κ3) is 5.55. The molecule has 3 aromatic carbocycles. The van der Waals surface area contributed by atoms with E-state index in [1.165, 1.54) is 18.2 Å². The SMILES string of the molecule is C[C@H](NC(=O)/C(C#N)=C\c1ccccc1OCc1cccc(F)c1)c1ccccc1. The van der Waals surface area contributed by atoms with Crippen molar-refractivity contribution < 1.29 is 13.9 Å². The summed E-state index contributed by atoms with van der Waals surface area (Å²) < 4.78 is 19.2. The first-order chi connectivity index (χ1) is 14.6. The Morgan fingerprint density at radius 1 is 1.10 bits per heavy atom. The van der Waals surface area contributed by atoms with Gasteiger partial charge in [-0.15, -0.1) is 0 Å². The van der Waals surface area contributed by atoms with Crippen LogP contribution in [0.5, 0.6) is 5.75 Å². The van der Waals surface area contributed by atoms with Crippen molar-refractivity contribution in [3.05, 3.63) is 107 Å². The lowest BCUT2D eigenvalue weighted by Gasteiger charge is -2.14. The number of rotatable bonds is 7. The highest BCUT2D eigenvalue weighted by Gasteiger charge is 2.14. The fraction of sp³-hybridized carbons (Fsp3) is 0.120. The van der Waals surface area contributed by atoms with Crippen LogP contribution >= 0.6 is 0 Å². The summed E-state index contributed by atoms with van der Waals surface area (Å²) in [4.78, 5) is 12.6. The van der Waals surface area contributed by atoms with Crippen LogP contribution in [0.15, 0.2) is 84.4 Å². The van der Waals surface area contributed by atoms with Gasteiger partial charge < -0.3 is 10.1 Å². The Morgan fingerprint density at radius 3 is 2.57 bits per heavy atom. The Hall–Kier alpha value is -3.91. The summed E-state index contributed by atoms with van der Waals surface area (Å²) in [5, 5.41) is 12.3. The molecule has 3 aromatic rings. The molecule has 1 N–H and O–H groups in total. The van der Waals surface area contributed by atoms with E-state index in [0.717, 1.165) is 5.56 Å². The van der Waals surface area contributed by atoms with Crippen LogP contribution in [0.25, 0.3) is 6.08 Å². The molecule has 0 aliphatic rings. The van der Waals surface area contributed by atoms with Gasteiger partial charge in [0.15, 0.2) is 0 Å². The van der Waals surface area contributed by atoms with Crippen molar-refractivity contribution in [3.8, 4) is 11.8 Å². The summed E-state index contributed by atoms with van der Waals surface area (Å²) in [5.41, 5.74) is 2.19. The Bertz CT molecular complexity index is 1090. The van der Waals surface area contributed by atoms with Gasteiger partial charge in [0.25, 0.3) is 5.91 Å². The molecule has 0 bridgehead atoms. The molecule has 1 atom stereocenters. The first-order valence-electron chi connectivity index (χ1n) is 9.50. The van der Waals surface area contributed by atoms with Gasteiger partial charge in [-0.2, -0.15) is 5.26 Å². The van der Waals surface area contributed by atoms with Gasteiger partial charge in [0.2, 0.25) is 0 Å². The topological polar surface area (TPSA) is 62.1 Å². The monoisotopic (exact) mass is 400 g/mol. The number of amides is 1. The third-order valence-corrected chi connectivity index (χ3v) is 4.51. The van der Waals surface area contributed by atoms with Crippen LogP contribution < -0.4 is 10.1 Å². The van der Waals surface area contributed by atoms with Crippen LogP contribution in [-0.4, -0.2) is 5.91 Å². The number of nitriles is 1. The van der Waals surface area contributed by atoms with Crippen molar-refractivity contribution >= 4 is 12.0 Å². The van der Waals surface area contributed by atoms with Crippen LogP contribution in [0.4, 0.5) is 4.39 Å². The molecule has 0 saturated carbocycles. The molecule has 1 amide bonds. The van der Waals surface area contributed by atoms with Crippen molar-refractivity contribution in [3.63, 3.8) is 0 Å². The minimum absolute atomic E-state index is 0.0282. The number of benzene rings is 3. The van der Waals surface area contributed by atoms with Gasteiger partial charge in [-0.1, -0.05) is 60.7 Å². The number of carbonyl (C=O) groups is 1. The Morgan fingerprint density at radius 2 is 1.83 bits per heavy atom. The molecular weight excluding hydrogens is 379 g/mol. The van der Waals surface area contributed by atoms with Crippen molar-refractivity contribution in [2.75, 3.05) is 0 Å². The Labute approximate surface area is 175 Å². The zero-order valence-electron chi connectivity index (χ0n) is 16.5. The predicted octanol–water partition coefficient (Wildman–Crippen LogP) is 5.19. The molecule has 150 valence electrons. The fourth-order valence-electron chi connectivity index (χ4n) is 2.92. The lowest BCUT2D eigenvalue weighted by Crippen LogP contribution is -2.27. The van der Waals surface area contributed by atoms with E-state index in [-0.39, 0.29) is 24.0 Å². The minimum Gasteiger partial charge on any atom is -0.488 e. The summed E-state index contributed by atoms with van der Waals surface area (Å²) in [6, 6.07) is 24.5. The van der Waals surface area contributed by atoms with Gasteiger partial charge in [0.1, 0.15) is 29.8 Å². The molecule has 0 heterocycles. The van der Waals surface area contributed by atoms with Gasteiger partial charge in [0, 0.05) is 5.56 Å². The van der Waals surface area contributed by atoms with Crippen LogP contribution in [0.3, 0.4) is 0 Å². The summed E-state index contributed by atoms with van der Waals surface area (Å²) in [6.07, 6.45) is 1.49.